The summed E-state index contributed by atoms with van der Waals surface area (Å²) in [6.07, 6.45) is 1.11. The molecule has 1 aliphatic heterocycles. The van der Waals surface area contributed by atoms with E-state index in [1.165, 1.54) is 23.1 Å². The topological polar surface area (TPSA) is 57.6 Å². The number of carbonyl (C=O) groups is 2. The molecule has 0 aliphatic carbocycles. The Morgan fingerprint density at radius 3 is 2.75 bits per heavy atom. The van der Waals surface area contributed by atoms with E-state index in [-0.39, 0.29) is 23.2 Å². The summed E-state index contributed by atoms with van der Waals surface area (Å²) in [7, 11) is 0. The molecule has 0 spiro atoms. The lowest BCUT2D eigenvalue weighted by Crippen LogP contribution is -2.47. The molecule has 2 rings (SSSR count). The predicted molar refractivity (Wildman–Crippen MR) is 72.3 cm³/mol. The molecule has 1 fully saturated rings. The largest absolute Gasteiger partial charge is 0.481 e. The molecule has 1 aromatic carbocycles. The molecular weight excluding hydrogens is 285 g/mol. The number of likely N-dealkylation sites (tertiary alicyclic amines) is 1. The number of amides is 1. The van der Waals surface area contributed by atoms with Crippen LogP contribution in [0.2, 0.25) is 5.02 Å². The quantitative estimate of drug-likeness (QED) is 0.913. The molecule has 1 aromatic rings. The van der Waals surface area contributed by atoms with Crippen LogP contribution in [-0.2, 0) is 4.79 Å². The highest BCUT2D eigenvalue weighted by Gasteiger charge is 2.33. The lowest BCUT2D eigenvalue weighted by molar-refractivity contribution is -0.143. The lowest BCUT2D eigenvalue weighted by atomic mass is 9.93. The number of aliphatic carboxylic acids is 1. The predicted octanol–water partition coefficient (Wildman–Crippen LogP) is 2.80. The van der Waals surface area contributed by atoms with Crippen molar-refractivity contribution in [3.8, 4) is 0 Å². The van der Waals surface area contributed by atoms with Crippen molar-refractivity contribution in [3.63, 3.8) is 0 Å². The van der Waals surface area contributed by atoms with Crippen molar-refractivity contribution >= 4 is 23.5 Å². The Bertz CT molecular complexity index is 549. The summed E-state index contributed by atoms with van der Waals surface area (Å²) in [6.45, 7) is 1.93. The molecule has 108 valence electrons. The minimum Gasteiger partial charge on any atom is -0.481 e. The van der Waals surface area contributed by atoms with Crippen LogP contribution in [-0.4, -0.2) is 34.5 Å². The Hall–Kier alpha value is -1.62. The van der Waals surface area contributed by atoms with E-state index in [4.69, 9.17) is 16.7 Å². The van der Waals surface area contributed by atoms with E-state index in [2.05, 4.69) is 0 Å². The molecule has 2 atom stereocenters. The highest BCUT2D eigenvalue weighted by atomic mass is 35.5. The zero-order chi connectivity index (χ0) is 14.9. The number of benzene rings is 1. The first-order valence-corrected chi connectivity index (χ1v) is 6.77. The number of nitrogens with zero attached hydrogens (tertiary/aromatic N) is 1. The summed E-state index contributed by atoms with van der Waals surface area (Å²) in [5, 5.41) is 8.94. The van der Waals surface area contributed by atoms with Gasteiger partial charge in [0.15, 0.2) is 5.82 Å². The molecular formula is C14H15ClFNO3. The number of rotatable bonds is 2. The second-order valence-electron chi connectivity index (χ2n) is 5.02. The molecule has 0 aromatic heterocycles. The molecule has 1 N–H and O–H groups in total. The molecule has 20 heavy (non-hydrogen) atoms. The minimum absolute atomic E-state index is 0.0985. The molecule has 0 saturated carbocycles. The van der Waals surface area contributed by atoms with Crippen LogP contribution in [0.25, 0.3) is 0 Å². The second kappa shape index (κ2) is 5.79. The first kappa shape index (κ1) is 14.8. The van der Waals surface area contributed by atoms with E-state index in [1.807, 2.05) is 6.92 Å². The Morgan fingerprint density at radius 1 is 1.40 bits per heavy atom. The third kappa shape index (κ3) is 2.77. The van der Waals surface area contributed by atoms with Gasteiger partial charge in [-0.1, -0.05) is 17.7 Å². The van der Waals surface area contributed by atoms with Gasteiger partial charge in [0.1, 0.15) is 0 Å². The first-order chi connectivity index (χ1) is 9.41. The summed E-state index contributed by atoms with van der Waals surface area (Å²) in [4.78, 5) is 24.9. The lowest BCUT2D eigenvalue weighted by Gasteiger charge is -2.36. The average Bonchev–Trinajstić information content (AvgIpc) is 2.41. The van der Waals surface area contributed by atoms with Crippen LogP contribution in [0.1, 0.15) is 30.1 Å². The number of piperidine rings is 1. The van der Waals surface area contributed by atoms with Gasteiger partial charge in [-0.25, -0.2) is 4.39 Å². The van der Waals surface area contributed by atoms with E-state index in [0.29, 0.717) is 12.8 Å². The van der Waals surface area contributed by atoms with Crippen molar-refractivity contribution in [1.29, 1.82) is 0 Å². The van der Waals surface area contributed by atoms with Gasteiger partial charge in [0.05, 0.1) is 16.5 Å². The van der Waals surface area contributed by atoms with Crippen LogP contribution in [0.4, 0.5) is 4.39 Å². The fraction of sp³-hybridized carbons (Fsp3) is 0.429. The van der Waals surface area contributed by atoms with Gasteiger partial charge in [-0.15, -0.1) is 0 Å². The summed E-state index contributed by atoms with van der Waals surface area (Å²) >= 11 is 5.67. The maximum Gasteiger partial charge on any atom is 0.308 e. The highest BCUT2D eigenvalue weighted by molar-refractivity contribution is 6.31. The van der Waals surface area contributed by atoms with Crippen LogP contribution in [0.15, 0.2) is 18.2 Å². The van der Waals surface area contributed by atoms with Gasteiger partial charge >= 0.3 is 5.97 Å². The molecule has 6 heteroatoms. The van der Waals surface area contributed by atoms with E-state index < -0.39 is 23.6 Å². The number of carbonyl (C=O) groups excluding carboxylic acids is 1. The molecule has 2 unspecified atom stereocenters. The standard InChI is InChI=1S/C14H15ClFNO3/c1-8-5-6-9(14(19)20)7-17(8)13(18)10-3-2-4-11(15)12(10)16/h2-4,8-9H,5-7H2,1H3,(H,19,20). The molecule has 0 radical (unpaired) electrons. The van der Waals surface area contributed by atoms with E-state index in [1.54, 1.807) is 0 Å². The number of carboxylic acids is 1. The average molecular weight is 300 g/mol. The van der Waals surface area contributed by atoms with Crippen molar-refractivity contribution in [2.45, 2.75) is 25.8 Å². The van der Waals surface area contributed by atoms with Crippen LogP contribution in [0.3, 0.4) is 0 Å². The normalized spacial score (nSPS) is 22.6. The van der Waals surface area contributed by atoms with E-state index >= 15 is 0 Å². The zero-order valence-corrected chi connectivity index (χ0v) is 11.7. The van der Waals surface area contributed by atoms with Crippen molar-refractivity contribution in [2.75, 3.05) is 6.54 Å². The zero-order valence-electron chi connectivity index (χ0n) is 11.0. The van der Waals surface area contributed by atoms with Gasteiger partial charge in [-0.05, 0) is 31.9 Å². The summed E-state index contributed by atoms with van der Waals surface area (Å²) in [6, 6.07) is 4.12. The second-order valence-corrected chi connectivity index (χ2v) is 5.43. The monoisotopic (exact) mass is 299 g/mol. The number of carboxylic acid groups (broad SMARTS) is 1. The number of halogens is 2. The Balaban J connectivity index is 2.26. The van der Waals surface area contributed by atoms with Crippen LogP contribution >= 0.6 is 11.6 Å². The minimum atomic E-state index is -0.929. The highest BCUT2D eigenvalue weighted by Crippen LogP contribution is 2.26. The van der Waals surface area contributed by atoms with E-state index in [9.17, 15) is 14.0 Å². The van der Waals surface area contributed by atoms with Gasteiger partial charge in [0.2, 0.25) is 0 Å². The third-order valence-electron chi connectivity index (χ3n) is 3.67. The fourth-order valence-corrected chi connectivity index (χ4v) is 2.59. The van der Waals surface area contributed by atoms with Crippen molar-refractivity contribution in [3.05, 3.63) is 34.6 Å². The molecule has 1 amide bonds. The first-order valence-electron chi connectivity index (χ1n) is 6.39. The number of hydrogen-bond acceptors (Lipinski definition) is 2. The molecule has 1 saturated heterocycles. The van der Waals surface area contributed by atoms with Gasteiger partial charge in [0, 0.05) is 12.6 Å². The van der Waals surface area contributed by atoms with Gasteiger partial charge in [-0.2, -0.15) is 0 Å². The fourth-order valence-electron chi connectivity index (χ4n) is 2.42. The number of hydrogen-bond donors (Lipinski definition) is 1. The molecule has 1 aliphatic rings. The van der Waals surface area contributed by atoms with Crippen LogP contribution in [0.5, 0.6) is 0 Å². The Labute approximate surface area is 121 Å². The van der Waals surface area contributed by atoms with Gasteiger partial charge in [-0.3, -0.25) is 9.59 Å². The maximum atomic E-state index is 13.9. The van der Waals surface area contributed by atoms with Crippen molar-refractivity contribution < 1.29 is 19.1 Å². The Morgan fingerprint density at radius 2 is 2.10 bits per heavy atom. The third-order valence-corrected chi connectivity index (χ3v) is 3.97. The molecule has 4 nitrogen and oxygen atoms in total. The van der Waals surface area contributed by atoms with Crippen LogP contribution in [0, 0.1) is 11.7 Å². The molecule has 1 heterocycles. The summed E-state index contributed by atoms with van der Waals surface area (Å²) < 4.78 is 13.9. The maximum absolute atomic E-state index is 13.9. The van der Waals surface area contributed by atoms with Crippen molar-refractivity contribution in [1.82, 2.24) is 4.90 Å². The van der Waals surface area contributed by atoms with Crippen molar-refractivity contribution in [2.24, 2.45) is 5.92 Å². The summed E-state index contributed by atoms with van der Waals surface area (Å²) in [5.41, 5.74) is -0.115. The smallest absolute Gasteiger partial charge is 0.308 e. The van der Waals surface area contributed by atoms with E-state index in [0.717, 1.165) is 0 Å². The van der Waals surface area contributed by atoms with Gasteiger partial charge < -0.3 is 10.0 Å². The Kier molecular flexibility index (Phi) is 4.28. The van der Waals surface area contributed by atoms with Crippen LogP contribution < -0.4 is 0 Å². The SMILES string of the molecule is CC1CCC(C(=O)O)CN1C(=O)c1cccc(Cl)c1F. The van der Waals surface area contributed by atoms with Gasteiger partial charge in [0.25, 0.3) is 5.91 Å². The summed E-state index contributed by atoms with van der Waals surface area (Å²) in [5.74, 6) is -2.80. The molecule has 0 bridgehead atoms.